The Hall–Kier alpha value is -1.62. The van der Waals surface area contributed by atoms with Gasteiger partial charge in [0.25, 0.3) is 0 Å². The van der Waals surface area contributed by atoms with Crippen molar-refractivity contribution >= 4 is 21.8 Å². The van der Waals surface area contributed by atoms with E-state index >= 15 is 0 Å². The first-order valence-corrected chi connectivity index (χ1v) is 8.22. The maximum Gasteiger partial charge on any atom is 0.227 e. The van der Waals surface area contributed by atoms with Crippen LogP contribution in [0, 0.1) is 12.8 Å². The van der Waals surface area contributed by atoms with Gasteiger partial charge in [0, 0.05) is 23.5 Å². The van der Waals surface area contributed by atoms with Crippen LogP contribution in [-0.2, 0) is 11.2 Å². The summed E-state index contributed by atoms with van der Waals surface area (Å²) in [6, 6.07) is 9.82. The molecule has 0 saturated heterocycles. The molecule has 1 heterocycles. The van der Waals surface area contributed by atoms with Gasteiger partial charge in [-0.25, -0.2) is 0 Å². The second-order valence-electron chi connectivity index (χ2n) is 5.74. The topological polar surface area (TPSA) is 55.1 Å². The number of halogens is 1. The van der Waals surface area contributed by atoms with Crippen LogP contribution in [0.4, 0.5) is 0 Å². The predicted octanol–water partition coefficient (Wildman–Crippen LogP) is 3.84. The highest BCUT2D eigenvalue weighted by molar-refractivity contribution is 9.10. The zero-order chi connectivity index (χ0) is 16.1. The molecular formula is C17H21BrN2O2. The second-order valence-corrected chi connectivity index (χ2v) is 6.66. The zero-order valence-electron chi connectivity index (χ0n) is 13.1. The summed E-state index contributed by atoms with van der Waals surface area (Å²) in [4.78, 5) is 12.5. The van der Waals surface area contributed by atoms with E-state index in [0.29, 0.717) is 13.0 Å². The van der Waals surface area contributed by atoms with Crippen LogP contribution in [-0.4, -0.2) is 17.6 Å². The van der Waals surface area contributed by atoms with E-state index in [4.69, 9.17) is 4.52 Å². The number of amides is 1. The van der Waals surface area contributed by atoms with Gasteiger partial charge in [0.1, 0.15) is 5.76 Å². The van der Waals surface area contributed by atoms with Gasteiger partial charge in [-0.05, 0) is 30.5 Å². The lowest BCUT2D eigenvalue weighted by atomic mass is 9.87. The van der Waals surface area contributed by atoms with Crippen LogP contribution in [0.5, 0.6) is 0 Å². The number of carbonyl (C=O) groups is 1. The van der Waals surface area contributed by atoms with Crippen molar-refractivity contribution in [3.05, 3.63) is 51.8 Å². The molecule has 1 N–H and O–H groups in total. The number of nitrogens with zero attached hydrogens (tertiary/aromatic N) is 1. The molecule has 0 fully saturated rings. The summed E-state index contributed by atoms with van der Waals surface area (Å²) in [5, 5.41) is 6.93. The van der Waals surface area contributed by atoms with Crippen LogP contribution < -0.4 is 5.32 Å². The fraction of sp³-hybridized carbons (Fsp3) is 0.412. The molecule has 0 aliphatic rings. The van der Waals surface area contributed by atoms with Crippen molar-refractivity contribution in [3.8, 4) is 0 Å². The van der Waals surface area contributed by atoms with Gasteiger partial charge < -0.3 is 9.84 Å². The highest BCUT2D eigenvalue weighted by Gasteiger charge is 2.23. The summed E-state index contributed by atoms with van der Waals surface area (Å²) in [7, 11) is 0. The first kappa shape index (κ1) is 16.7. The number of hydrogen-bond acceptors (Lipinski definition) is 3. The number of rotatable bonds is 6. The highest BCUT2D eigenvalue weighted by atomic mass is 79.9. The monoisotopic (exact) mass is 364 g/mol. The molecule has 0 spiro atoms. The number of aromatic nitrogens is 1. The van der Waals surface area contributed by atoms with Crippen LogP contribution in [0.1, 0.15) is 36.8 Å². The van der Waals surface area contributed by atoms with Crippen molar-refractivity contribution in [1.82, 2.24) is 10.5 Å². The lowest BCUT2D eigenvalue weighted by Crippen LogP contribution is -2.33. The molecule has 1 aromatic carbocycles. The Morgan fingerprint density at radius 2 is 2.00 bits per heavy atom. The van der Waals surface area contributed by atoms with Crippen molar-refractivity contribution in [1.29, 1.82) is 0 Å². The molecule has 22 heavy (non-hydrogen) atoms. The van der Waals surface area contributed by atoms with Gasteiger partial charge in [-0.15, -0.1) is 0 Å². The zero-order valence-corrected chi connectivity index (χ0v) is 14.7. The minimum Gasteiger partial charge on any atom is -0.361 e. The third-order valence-electron chi connectivity index (χ3n) is 3.54. The molecule has 0 aliphatic heterocycles. The van der Waals surface area contributed by atoms with Gasteiger partial charge in [-0.1, -0.05) is 47.1 Å². The maximum absolute atomic E-state index is 12.5. The van der Waals surface area contributed by atoms with E-state index in [0.717, 1.165) is 21.5 Å². The van der Waals surface area contributed by atoms with E-state index in [1.807, 2.05) is 37.3 Å². The average Bonchev–Trinajstić information content (AvgIpc) is 2.86. The molecule has 0 saturated carbocycles. The minimum absolute atomic E-state index is 0.0533. The molecule has 2 rings (SSSR count). The van der Waals surface area contributed by atoms with Gasteiger partial charge in [0.15, 0.2) is 0 Å². The molecular weight excluding hydrogens is 344 g/mol. The van der Waals surface area contributed by atoms with E-state index < -0.39 is 0 Å². The molecule has 4 nitrogen and oxygen atoms in total. The Labute approximate surface area is 139 Å². The quantitative estimate of drug-likeness (QED) is 0.846. The van der Waals surface area contributed by atoms with Gasteiger partial charge in [0.05, 0.1) is 11.6 Å². The predicted molar refractivity (Wildman–Crippen MR) is 89.7 cm³/mol. The van der Waals surface area contributed by atoms with E-state index in [1.54, 1.807) is 0 Å². The van der Waals surface area contributed by atoms with Gasteiger partial charge in [-0.2, -0.15) is 0 Å². The number of carbonyl (C=O) groups excluding carboxylic acids is 1. The van der Waals surface area contributed by atoms with Crippen molar-refractivity contribution in [2.24, 2.45) is 5.92 Å². The smallest absolute Gasteiger partial charge is 0.227 e. The first-order chi connectivity index (χ1) is 10.5. The summed E-state index contributed by atoms with van der Waals surface area (Å²) < 4.78 is 6.04. The molecule has 0 radical (unpaired) electrons. The van der Waals surface area contributed by atoms with Gasteiger partial charge in [-0.3, -0.25) is 4.79 Å². The fourth-order valence-corrected chi connectivity index (χ4v) is 2.73. The minimum atomic E-state index is -0.146. The van der Waals surface area contributed by atoms with Crippen LogP contribution in [0.25, 0.3) is 0 Å². The summed E-state index contributed by atoms with van der Waals surface area (Å²) in [5.41, 5.74) is 1.90. The van der Waals surface area contributed by atoms with Crippen molar-refractivity contribution in [2.45, 2.75) is 33.1 Å². The average molecular weight is 365 g/mol. The standard InChI is InChI=1S/C17H21BrN2O2/c1-11(2)16(13-4-6-14(18)7-5-13)17(21)19-9-8-15-10-12(3)22-20-15/h4-7,10-11,16H,8-9H2,1-3H3,(H,19,21). The SMILES string of the molecule is Cc1cc(CCNC(=O)C(c2ccc(Br)cc2)C(C)C)no1. The Morgan fingerprint density at radius 1 is 1.32 bits per heavy atom. The fourth-order valence-electron chi connectivity index (χ4n) is 2.47. The second kappa shape index (κ2) is 7.58. The Balaban J connectivity index is 1.96. The maximum atomic E-state index is 12.5. The number of aryl methyl sites for hydroxylation is 1. The summed E-state index contributed by atoms with van der Waals surface area (Å²) >= 11 is 3.42. The van der Waals surface area contributed by atoms with E-state index in [-0.39, 0.29) is 17.7 Å². The van der Waals surface area contributed by atoms with Crippen LogP contribution in [0.3, 0.4) is 0 Å². The molecule has 0 bridgehead atoms. The van der Waals surface area contributed by atoms with Crippen molar-refractivity contribution < 1.29 is 9.32 Å². The molecule has 2 aromatic rings. The van der Waals surface area contributed by atoms with Crippen LogP contribution in [0.2, 0.25) is 0 Å². The van der Waals surface area contributed by atoms with E-state index in [1.165, 1.54) is 0 Å². The highest BCUT2D eigenvalue weighted by Crippen LogP contribution is 2.26. The van der Waals surface area contributed by atoms with Gasteiger partial charge >= 0.3 is 0 Å². The lowest BCUT2D eigenvalue weighted by Gasteiger charge is -2.20. The molecule has 0 aliphatic carbocycles. The lowest BCUT2D eigenvalue weighted by molar-refractivity contribution is -0.123. The first-order valence-electron chi connectivity index (χ1n) is 7.42. The molecule has 1 unspecified atom stereocenters. The molecule has 1 atom stereocenters. The Morgan fingerprint density at radius 3 is 2.55 bits per heavy atom. The third-order valence-corrected chi connectivity index (χ3v) is 4.06. The summed E-state index contributed by atoms with van der Waals surface area (Å²) in [6.45, 7) is 6.54. The number of nitrogens with one attached hydrogen (secondary N) is 1. The van der Waals surface area contributed by atoms with Crippen LogP contribution in [0.15, 0.2) is 39.3 Å². The van der Waals surface area contributed by atoms with E-state index in [9.17, 15) is 4.79 Å². The number of benzene rings is 1. The largest absolute Gasteiger partial charge is 0.361 e. The van der Waals surface area contributed by atoms with E-state index in [2.05, 4.69) is 40.3 Å². The summed E-state index contributed by atoms with van der Waals surface area (Å²) in [6.07, 6.45) is 0.675. The molecule has 1 amide bonds. The molecule has 118 valence electrons. The summed E-state index contributed by atoms with van der Waals surface area (Å²) in [5.74, 6) is 0.927. The Bertz CT molecular complexity index is 620. The van der Waals surface area contributed by atoms with Gasteiger partial charge in [0.2, 0.25) is 5.91 Å². The van der Waals surface area contributed by atoms with Crippen molar-refractivity contribution in [2.75, 3.05) is 6.54 Å². The molecule has 1 aromatic heterocycles. The van der Waals surface area contributed by atoms with Crippen molar-refractivity contribution in [3.63, 3.8) is 0 Å². The molecule has 5 heteroatoms. The normalized spacial score (nSPS) is 12.4. The Kier molecular flexibility index (Phi) is 5.77. The third kappa shape index (κ3) is 4.44. The van der Waals surface area contributed by atoms with Crippen LogP contribution >= 0.6 is 15.9 Å². The number of hydrogen-bond donors (Lipinski definition) is 1.